The summed E-state index contributed by atoms with van der Waals surface area (Å²) < 4.78 is 1.96. The van der Waals surface area contributed by atoms with Gasteiger partial charge in [-0.1, -0.05) is 24.6 Å². The molecule has 7 heteroatoms. The van der Waals surface area contributed by atoms with E-state index in [1.54, 1.807) is 11.8 Å². The van der Waals surface area contributed by atoms with Crippen LogP contribution in [0.2, 0.25) is 0 Å². The molecule has 106 valence electrons. The molecule has 1 aromatic rings. The van der Waals surface area contributed by atoms with Gasteiger partial charge in [-0.25, -0.2) is 4.68 Å². The van der Waals surface area contributed by atoms with Gasteiger partial charge in [-0.15, -0.1) is 5.10 Å². The maximum atomic E-state index is 10.5. The fourth-order valence-corrected chi connectivity index (χ4v) is 3.99. The maximum Gasteiger partial charge on any atom is 0.209 e. The van der Waals surface area contributed by atoms with Crippen molar-refractivity contribution in [1.82, 2.24) is 25.5 Å². The monoisotopic (exact) mass is 283 g/mol. The Morgan fingerprint density at radius 2 is 2.05 bits per heavy atom. The molecule has 2 fully saturated rings. The topological polar surface area (TPSA) is 75.9 Å². The second-order valence-electron chi connectivity index (χ2n) is 5.61. The molecule has 6 nitrogen and oxygen atoms in total. The minimum absolute atomic E-state index is 0.458. The number of aromatic nitrogens is 4. The van der Waals surface area contributed by atoms with Gasteiger partial charge >= 0.3 is 0 Å². The minimum Gasteiger partial charge on any atom is -0.389 e. The molecule has 2 N–H and O–H groups in total. The number of rotatable bonds is 4. The summed E-state index contributed by atoms with van der Waals surface area (Å²) in [7, 11) is 0. The molecule has 3 rings (SSSR count). The zero-order valence-electron chi connectivity index (χ0n) is 11.1. The van der Waals surface area contributed by atoms with E-state index in [0.717, 1.165) is 31.1 Å². The molecule has 1 aliphatic heterocycles. The van der Waals surface area contributed by atoms with Gasteiger partial charge in [-0.2, -0.15) is 0 Å². The summed E-state index contributed by atoms with van der Waals surface area (Å²) in [6, 6.07) is 0.458. The third kappa shape index (κ3) is 3.09. The van der Waals surface area contributed by atoms with Crippen LogP contribution in [0.5, 0.6) is 0 Å². The number of thioether (sulfide) groups is 1. The van der Waals surface area contributed by atoms with Crippen LogP contribution in [0.3, 0.4) is 0 Å². The molecule has 2 aliphatic rings. The molecule has 0 radical (unpaired) electrons. The third-order valence-electron chi connectivity index (χ3n) is 4.14. The predicted octanol–water partition coefficient (Wildman–Crippen LogP) is 0.995. The summed E-state index contributed by atoms with van der Waals surface area (Å²) in [6.45, 7) is 1.79. The van der Waals surface area contributed by atoms with Crippen LogP contribution < -0.4 is 5.32 Å². The molecule has 0 bridgehead atoms. The standard InChI is InChI=1S/C12H21N5OS/c18-12(5-7-13-8-6-12)9-19-11-14-15-16-17(11)10-3-1-2-4-10/h10,13,18H,1-9H2. The van der Waals surface area contributed by atoms with Crippen LogP contribution in [0.1, 0.15) is 44.6 Å². The second-order valence-corrected chi connectivity index (χ2v) is 6.55. The second kappa shape index (κ2) is 5.76. The highest BCUT2D eigenvalue weighted by molar-refractivity contribution is 7.99. The summed E-state index contributed by atoms with van der Waals surface area (Å²) in [6.07, 6.45) is 6.50. The van der Waals surface area contributed by atoms with E-state index in [1.807, 2.05) is 4.68 Å². The summed E-state index contributed by atoms with van der Waals surface area (Å²) in [5, 5.41) is 26.7. The molecule has 1 aliphatic carbocycles. The molecule has 0 spiro atoms. The molecular formula is C12H21N5OS. The van der Waals surface area contributed by atoms with Crippen molar-refractivity contribution in [2.45, 2.75) is 55.3 Å². The van der Waals surface area contributed by atoms with Crippen molar-refractivity contribution >= 4 is 11.8 Å². The highest BCUT2D eigenvalue weighted by Crippen LogP contribution is 2.33. The van der Waals surface area contributed by atoms with Crippen molar-refractivity contribution in [3.8, 4) is 0 Å². The van der Waals surface area contributed by atoms with Crippen molar-refractivity contribution in [3.63, 3.8) is 0 Å². The average molecular weight is 283 g/mol. The van der Waals surface area contributed by atoms with Gasteiger partial charge in [0.2, 0.25) is 5.16 Å². The molecule has 1 aromatic heterocycles. The van der Waals surface area contributed by atoms with Crippen molar-refractivity contribution in [2.24, 2.45) is 0 Å². The first-order valence-electron chi connectivity index (χ1n) is 7.11. The highest BCUT2D eigenvalue weighted by atomic mass is 32.2. The fourth-order valence-electron chi connectivity index (χ4n) is 2.89. The van der Waals surface area contributed by atoms with E-state index in [-0.39, 0.29) is 0 Å². The number of hydrogen-bond acceptors (Lipinski definition) is 6. The van der Waals surface area contributed by atoms with Crippen molar-refractivity contribution in [1.29, 1.82) is 0 Å². The summed E-state index contributed by atoms with van der Waals surface area (Å²) in [4.78, 5) is 0. The van der Waals surface area contributed by atoms with Gasteiger partial charge in [0.1, 0.15) is 0 Å². The molecule has 0 atom stereocenters. The van der Waals surface area contributed by atoms with E-state index in [1.165, 1.54) is 25.7 Å². The first-order chi connectivity index (χ1) is 9.27. The lowest BCUT2D eigenvalue weighted by atomic mass is 9.95. The predicted molar refractivity (Wildman–Crippen MR) is 73.1 cm³/mol. The smallest absolute Gasteiger partial charge is 0.209 e. The van der Waals surface area contributed by atoms with Gasteiger partial charge in [-0.3, -0.25) is 0 Å². The number of aliphatic hydroxyl groups is 1. The van der Waals surface area contributed by atoms with Gasteiger partial charge in [0.25, 0.3) is 0 Å². The van der Waals surface area contributed by atoms with Crippen molar-refractivity contribution in [3.05, 3.63) is 0 Å². The number of tetrazole rings is 1. The molecule has 1 saturated carbocycles. The van der Waals surface area contributed by atoms with Crippen LogP contribution in [0.4, 0.5) is 0 Å². The van der Waals surface area contributed by atoms with Crippen LogP contribution in [-0.4, -0.2) is 49.8 Å². The third-order valence-corrected chi connectivity index (χ3v) is 5.35. The molecule has 2 heterocycles. The van der Waals surface area contributed by atoms with Crippen LogP contribution in [0.15, 0.2) is 5.16 Å². The largest absolute Gasteiger partial charge is 0.389 e. The molecule has 0 unspecified atom stereocenters. The normalized spacial score (nSPS) is 23.8. The lowest BCUT2D eigenvalue weighted by Gasteiger charge is -2.32. The Kier molecular flexibility index (Phi) is 4.04. The Bertz CT molecular complexity index is 412. The highest BCUT2D eigenvalue weighted by Gasteiger charge is 2.30. The van der Waals surface area contributed by atoms with Gasteiger partial charge in [0.15, 0.2) is 0 Å². The SMILES string of the molecule is OC1(CSc2nnnn2C2CCCC2)CCNCC1. The molecule has 0 aromatic carbocycles. The number of hydrogen-bond donors (Lipinski definition) is 2. The number of piperidine rings is 1. The van der Waals surface area contributed by atoms with Gasteiger partial charge in [0.05, 0.1) is 11.6 Å². The van der Waals surface area contributed by atoms with E-state index in [2.05, 4.69) is 20.8 Å². The quantitative estimate of drug-likeness (QED) is 0.803. The van der Waals surface area contributed by atoms with Crippen LogP contribution in [0.25, 0.3) is 0 Å². The van der Waals surface area contributed by atoms with Crippen molar-refractivity contribution in [2.75, 3.05) is 18.8 Å². The van der Waals surface area contributed by atoms with Crippen molar-refractivity contribution < 1.29 is 5.11 Å². The Balaban J connectivity index is 1.62. The molecule has 19 heavy (non-hydrogen) atoms. The fraction of sp³-hybridized carbons (Fsp3) is 0.917. The Morgan fingerprint density at radius 3 is 2.79 bits per heavy atom. The first kappa shape index (κ1) is 13.3. The maximum absolute atomic E-state index is 10.5. The van der Waals surface area contributed by atoms with E-state index >= 15 is 0 Å². The van der Waals surface area contributed by atoms with Crippen LogP contribution in [-0.2, 0) is 0 Å². The van der Waals surface area contributed by atoms with E-state index in [9.17, 15) is 5.11 Å². The number of nitrogens with zero attached hydrogens (tertiary/aromatic N) is 4. The van der Waals surface area contributed by atoms with E-state index in [4.69, 9.17) is 0 Å². The Hall–Kier alpha value is -0.660. The first-order valence-corrected chi connectivity index (χ1v) is 8.09. The van der Waals surface area contributed by atoms with Gasteiger partial charge in [0, 0.05) is 5.75 Å². The molecule has 1 saturated heterocycles. The van der Waals surface area contributed by atoms with Crippen LogP contribution >= 0.6 is 11.8 Å². The van der Waals surface area contributed by atoms with E-state index in [0.29, 0.717) is 11.8 Å². The zero-order valence-corrected chi connectivity index (χ0v) is 11.9. The zero-order chi connectivity index (χ0) is 13.1. The number of nitrogens with one attached hydrogen (secondary N) is 1. The lowest BCUT2D eigenvalue weighted by molar-refractivity contribution is 0.0338. The average Bonchev–Trinajstić information content (AvgIpc) is 3.08. The van der Waals surface area contributed by atoms with E-state index < -0.39 is 5.60 Å². The summed E-state index contributed by atoms with van der Waals surface area (Å²) >= 11 is 1.59. The summed E-state index contributed by atoms with van der Waals surface area (Å²) in [5.74, 6) is 0.682. The van der Waals surface area contributed by atoms with Gasteiger partial charge in [-0.05, 0) is 49.2 Å². The minimum atomic E-state index is -0.567. The Morgan fingerprint density at radius 1 is 1.32 bits per heavy atom. The lowest BCUT2D eigenvalue weighted by Crippen LogP contribution is -2.43. The molecule has 0 amide bonds. The Labute approximate surface area is 117 Å². The molecular weight excluding hydrogens is 262 g/mol. The van der Waals surface area contributed by atoms with Crippen LogP contribution in [0, 0.1) is 0 Å². The summed E-state index contributed by atoms with van der Waals surface area (Å²) in [5.41, 5.74) is -0.567. The van der Waals surface area contributed by atoms with Gasteiger partial charge < -0.3 is 10.4 Å².